The molecule has 0 fully saturated rings. The van der Waals surface area contributed by atoms with Gasteiger partial charge in [-0.15, -0.1) is 0 Å². The van der Waals surface area contributed by atoms with Crippen LogP contribution >= 0.6 is 0 Å². The number of benzene rings is 4. The van der Waals surface area contributed by atoms with Gasteiger partial charge in [0.2, 0.25) is 0 Å². The molecule has 0 aliphatic rings. The molecule has 4 aromatic rings. The Hall–Kier alpha value is -7.70. The molecule has 0 saturated heterocycles. The van der Waals surface area contributed by atoms with Crippen LogP contribution in [0.5, 0.6) is 0 Å². The third-order valence-corrected chi connectivity index (χ3v) is 8.72. The number of carbonyl (C=O) groups is 4. The van der Waals surface area contributed by atoms with E-state index in [9.17, 15) is 29.7 Å². The van der Waals surface area contributed by atoms with Crippen LogP contribution in [0.1, 0.15) is 36.1 Å². The largest absolute Gasteiger partial charge is 0.459 e. The first-order valence-corrected chi connectivity index (χ1v) is 18.4. The number of hydrogen-bond acceptors (Lipinski definition) is 12. The summed E-state index contributed by atoms with van der Waals surface area (Å²) in [6.45, 7) is 9.35. The number of hydrogen-bond donors (Lipinski definition) is 0. The average molecular weight is 793 g/mol. The number of anilines is 4. The van der Waals surface area contributed by atoms with Gasteiger partial charge >= 0.3 is 23.9 Å². The van der Waals surface area contributed by atoms with Crippen molar-refractivity contribution in [2.45, 2.75) is 20.3 Å². The van der Waals surface area contributed by atoms with Crippen LogP contribution in [0, 0.1) is 22.7 Å². The zero-order valence-corrected chi connectivity index (χ0v) is 33.4. The molecule has 4 aromatic carbocycles. The Balaban J connectivity index is 1.29. The zero-order valence-electron chi connectivity index (χ0n) is 33.4. The summed E-state index contributed by atoms with van der Waals surface area (Å²) in [6.07, 6.45) is 3.62. The lowest BCUT2D eigenvalue weighted by Gasteiger charge is -2.21. The molecule has 0 aromatic heterocycles. The SMILES string of the molecule is C=C(C)C(=O)OCCOC(=O)/C(C#N)=C/c1ccc(N(C)c2ccc(Cc3ccc(N(C)c4ccc(/C=C(\C#N)C(=O)OCCOC(=O)C(=C)C)cc4)cc3)cc2)cc1. The second kappa shape index (κ2) is 21.6. The summed E-state index contributed by atoms with van der Waals surface area (Å²) >= 11 is 0. The van der Waals surface area contributed by atoms with E-state index < -0.39 is 23.9 Å². The van der Waals surface area contributed by atoms with Crippen LogP contribution in [0.3, 0.4) is 0 Å². The fourth-order valence-electron chi connectivity index (χ4n) is 5.34. The molecule has 0 aliphatic carbocycles. The molecule has 0 unspecified atom stereocenters. The molecule has 59 heavy (non-hydrogen) atoms. The van der Waals surface area contributed by atoms with Crippen LogP contribution < -0.4 is 9.80 Å². The molecule has 0 saturated carbocycles. The summed E-state index contributed by atoms with van der Waals surface area (Å²) < 4.78 is 19.9. The normalized spacial score (nSPS) is 10.9. The van der Waals surface area contributed by atoms with E-state index in [0.717, 1.165) is 40.3 Å². The van der Waals surface area contributed by atoms with Crippen molar-refractivity contribution in [3.05, 3.63) is 155 Å². The maximum atomic E-state index is 12.3. The van der Waals surface area contributed by atoms with Gasteiger partial charge < -0.3 is 28.7 Å². The van der Waals surface area contributed by atoms with Crippen LogP contribution in [-0.2, 0) is 44.5 Å². The Morgan fingerprint density at radius 1 is 0.508 bits per heavy atom. The summed E-state index contributed by atoms with van der Waals surface area (Å²) in [6, 6.07) is 35.0. The Morgan fingerprint density at radius 3 is 1.05 bits per heavy atom. The summed E-state index contributed by atoms with van der Waals surface area (Å²) in [7, 11) is 3.91. The van der Waals surface area contributed by atoms with Crippen LogP contribution in [0.15, 0.2) is 133 Å². The molecule has 300 valence electrons. The van der Waals surface area contributed by atoms with Gasteiger partial charge in [-0.1, -0.05) is 61.7 Å². The second-order valence-electron chi connectivity index (χ2n) is 13.3. The van der Waals surface area contributed by atoms with Crippen LogP contribution in [0.4, 0.5) is 22.7 Å². The van der Waals surface area contributed by atoms with Crippen molar-refractivity contribution in [1.29, 1.82) is 10.5 Å². The third kappa shape index (κ3) is 13.2. The van der Waals surface area contributed by atoms with Crippen molar-refractivity contribution in [2.24, 2.45) is 0 Å². The van der Waals surface area contributed by atoms with Gasteiger partial charge in [0.05, 0.1) is 0 Å². The molecular formula is C47H44N4O8. The number of ether oxygens (including phenoxy) is 4. The fourth-order valence-corrected chi connectivity index (χ4v) is 5.34. The Morgan fingerprint density at radius 2 is 0.780 bits per heavy atom. The molecule has 0 heterocycles. The summed E-state index contributed by atoms with van der Waals surface area (Å²) in [5, 5.41) is 19.0. The van der Waals surface area contributed by atoms with Crippen molar-refractivity contribution in [2.75, 3.05) is 50.3 Å². The third-order valence-electron chi connectivity index (χ3n) is 8.72. The van der Waals surface area contributed by atoms with Gasteiger partial charge in [0.25, 0.3) is 0 Å². The number of rotatable bonds is 18. The summed E-state index contributed by atoms with van der Waals surface area (Å²) in [4.78, 5) is 51.7. The van der Waals surface area contributed by atoms with Crippen LogP contribution in [0.2, 0.25) is 0 Å². The maximum absolute atomic E-state index is 12.3. The van der Waals surface area contributed by atoms with E-state index in [-0.39, 0.29) is 48.7 Å². The van der Waals surface area contributed by atoms with E-state index in [0.29, 0.717) is 11.1 Å². The predicted octanol–water partition coefficient (Wildman–Crippen LogP) is 7.95. The molecule has 0 aliphatic heterocycles. The van der Waals surface area contributed by atoms with Crippen LogP contribution in [0.25, 0.3) is 12.2 Å². The smallest absolute Gasteiger partial charge is 0.349 e. The molecular weight excluding hydrogens is 749 g/mol. The van der Waals surface area contributed by atoms with E-state index in [1.807, 2.05) is 60.3 Å². The molecule has 0 bridgehead atoms. The first-order valence-electron chi connectivity index (χ1n) is 18.4. The van der Waals surface area contributed by atoms with Gasteiger partial charge in [0.1, 0.15) is 49.7 Å². The lowest BCUT2D eigenvalue weighted by atomic mass is 10.0. The highest BCUT2D eigenvalue weighted by Gasteiger charge is 2.14. The van der Waals surface area contributed by atoms with E-state index in [1.165, 1.54) is 26.0 Å². The molecule has 0 spiro atoms. The van der Waals surface area contributed by atoms with Gasteiger partial charge in [-0.3, -0.25) is 0 Å². The topological polar surface area (TPSA) is 159 Å². The minimum atomic E-state index is -0.809. The number of esters is 4. The van der Waals surface area contributed by atoms with E-state index in [2.05, 4.69) is 61.7 Å². The molecule has 12 nitrogen and oxygen atoms in total. The van der Waals surface area contributed by atoms with E-state index in [4.69, 9.17) is 18.9 Å². The Labute approximate surface area is 344 Å². The van der Waals surface area contributed by atoms with Crippen molar-refractivity contribution >= 4 is 58.8 Å². The minimum Gasteiger partial charge on any atom is -0.459 e. The van der Waals surface area contributed by atoms with Crippen molar-refractivity contribution in [3.63, 3.8) is 0 Å². The molecule has 0 amide bonds. The average Bonchev–Trinajstić information content (AvgIpc) is 3.24. The van der Waals surface area contributed by atoms with Gasteiger partial charge in [-0.2, -0.15) is 10.5 Å². The fraction of sp³-hybridized carbons (Fsp3) is 0.191. The molecule has 12 heteroatoms. The highest BCUT2D eigenvalue weighted by molar-refractivity contribution is 5.98. The first kappa shape index (κ1) is 44.0. The molecule has 4 rings (SSSR count). The Kier molecular flexibility index (Phi) is 16.1. The summed E-state index contributed by atoms with van der Waals surface area (Å²) in [5.41, 5.74) is 7.47. The van der Waals surface area contributed by atoms with Gasteiger partial charge in [-0.05, 0) is 103 Å². The lowest BCUT2D eigenvalue weighted by Crippen LogP contribution is -2.15. The quantitative estimate of drug-likeness (QED) is 0.0315. The monoisotopic (exact) mass is 792 g/mol. The first-order chi connectivity index (χ1) is 28.3. The van der Waals surface area contributed by atoms with Gasteiger partial charge in [0, 0.05) is 48.0 Å². The minimum absolute atomic E-state index is 0.138. The highest BCUT2D eigenvalue weighted by atomic mass is 16.6. The van der Waals surface area contributed by atoms with Crippen molar-refractivity contribution in [3.8, 4) is 12.1 Å². The number of nitriles is 2. The molecule has 0 atom stereocenters. The lowest BCUT2D eigenvalue weighted by molar-refractivity contribution is -0.147. The van der Waals surface area contributed by atoms with Gasteiger partial charge in [0.15, 0.2) is 0 Å². The Bertz CT molecular complexity index is 2150. The second-order valence-corrected chi connectivity index (χ2v) is 13.3. The highest BCUT2D eigenvalue weighted by Crippen LogP contribution is 2.28. The van der Waals surface area contributed by atoms with E-state index in [1.54, 1.807) is 24.3 Å². The number of carbonyl (C=O) groups excluding carboxylic acids is 4. The number of nitrogens with zero attached hydrogens (tertiary/aromatic N) is 4. The zero-order chi connectivity index (χ0) is 42.9. The summed E-state index contributed by atoms with van der Waals surface area (Å²) in [5.74, 6) is -2.78. The van der Waals surface area contributed by atoms with Crippen LogP contribution in [-0.4, -0.2) is 64.4 Å². The molecule has 0 radical (unpaired) electrons. The standard InChI is InChI=1S/C47H44N4O8/c1-32(2)44(52)56-23-25-58-46(54)38(30-48)28-36-11-19-42(20-12-36)50(5)40-15-7-34(8-16-40)27-35-9-17-41(18-10-35)51(6)43-21-13-37(14-22-43)29-39(31-49)47(55)59-26-24-57-45(53)33(3)4/h7-22,28-29H,1,3,23-27H2,2,4-6H3/b38-28+,39-29+. The van der Waals surface area contributed by atoms with Crippen molar-refractivity contribution in [1.82, 2.24) is 0 Å². The van der Waals surface area contributed by atoms with Gasteiger partial charge in [-0.25, -0.2) is 19.2 Å². The van der Waals surface area contributed by atoms with E-state index >= 15 is 0 Å². The van der Waals surface area contributed by atoms with Crippen molar-refractivity contribution < 1.29 is 38.1 Å². The molecule has 0 N–H and O–H groups in total. The maximum Gasteiger partial charge on any atom is 0.349 e. The predicted molar refractivity (Wildman–Crippen MR) is 225 cm³/mol.